The van der Waals surface area contributed by atoms with Crippen molar-refractivity contribution in [3.8, 4) is 0 Å². The number of hydrogen-bond donors (Lipinski definition) is 1. The minimum absolute atomic E-state index is 0.0450. The van der Waals surface area contributed by atoms with Gasteiger partial charge in [0, 0.05) is 17.6 Å². The number of ketones is 1. The van der Waals surface area contributed by atoms with Gasteiger partial charge in [-0.05, 0) is 42.0 Å². The van der Waals surface area contributed by atoms with E-state index in [4.69, 9.17) is 11.6 Å². The van der Waals surface area contributed by atoms with E-state index in [2.05, 4.69) is 0 Å². The number of amides is 1. The largest absolute Gasteiger partial charge is 0.507 e. The van der Waals surface area contributed by atoms with E-state index in [1.807, 2.05) is 0 Å². The van der Waals surface area contributed by atoms with Gasteiger partial charge in [-0.25, -0.2) is 4.39 Å². The number of rotatable bonds is 2. The summed E-state index contributed by atoms with van der Waals surface area (Å²) < 4.78 is 13.1. The number of likely N-dealkylation sites (tertiary alicyclic amines) is 1. The van der Waals surface area contributed by atoms with Gasteiger partial charge in [0.25, 0.3) is 11.7 Å². The van der Waals surface area contributed by atoms with Crippen LogP contribution < -0.4 is 0 Å². The molecule has 0 aromatic heterocycles. The molecule has 1 N–H and O–H groups in total. The summed E-state index contributed by atoms with van der Waals surface area (Å²) in [6.07, 6.45) is 0. The first-order valence-corrected chi connectivity index (χ1v) is 7.54. The number of halogens is 2. The fourth-order valence-electron chi connectivity index (χ4n) is 2.78. The molecule has 1 unspecified atom stereocenters. The molecule has 0 radical (unpaired) electrons. The van der Waals surface area contributed by atoms with E-state index in [-0.39, 0.29) is 16.9 Å². The minimum Gasteiger partial charge on any atom is -0.507 e. The highest BCUT2D eigenvalue weighted by Crippen LogP contribution is 2.38. The highest BCUT2D eigenvalue weighted by molar-refractivity contribution is 6.46. The van der Waals surface area contributed by atoms with Crippen LogP contribution in [0.2, 0.25) is 5.02 Å². The summed E-state index contributed by atoms with van der Waals surface area (Å²) in [6, 6.07) is 11.0. The van der Waals surface area contributed by atoms with Gasteiger partial charge in [-0.2, -0.15) is 0 Å². The van der Waals surface area contributed by atoms with Crippen molar-refractivity contribution >= 4 is 29.1 Å². The number of aliphatic hydroxyl groups excluding tert-OH is 1. The third kappa shape index (κ3) is 2.67. The van der Waals surface area contributed by atoms with Crippen molar-refractivity contribution in [2.24, 2.45) is 0 Å². The van der Waals surface area contributed by atoms with Gasteiger partial charge in [-0.3, -0.25) is 9.59 Å². The first-order valence-electron chi connectivity index (χ1n) is 7.16. The number of Topliss-reactive ketones (excluding diaryl/α,β-unsaturated/α-hetero) is 1. The first-order chi connectivity index (χ1) is 11.4. The highest BCUT2D eigenvalue weighted by Gasteiger charge is 2.44. The molecule has 6 heteroatoms. The molecule has 0 aliphatic carbocycles. The molecule has 1 fully saturated rings. The van der Waals surface area contributed by atoms with Crippen molar-refractivity contribution in [1.82, 2.24) is 4.90 Å². The van der Waals surface area contributed by atoms with Crippen molar-refractivity contribution in [3.05, 3.63) is 76.1 Å². The van der Waals surface area contributed by atoms with Crippen LogP contribution in [0, 0.1) is 5.82 Å². The van der Waals surface area contributed by atoms with E-state index in [0.717, 1.165) is 0 Å². The normalized spacial score (nSPS) is 19.8. The van der Waals surface area contributed by atoms with Crippen LogP contribution in [0.15, 0.2) is 54.1 Å². The number of carbonyl (C=O) groups excluding carboxylic acids is 2. The van der Waals surface area contributed by atoms with Gasteiger partial charge in [0.15, 0.2) is 0 Å². The number of nitrogens with zero attached hydrogens (tertiary/aromatic N) is 1. The lowest BCUT2D eigenvalue weighted by Crippen LogP contribution is -2.24. The molecule has 24 heavy (non-hydrogen) atoms. The lowest BCUT2D eigenvalue weighted by Gasteiger charge is -2.21. The summed E-state index contributed by atoms with van der Waals surface area (Å²) in [7, 11) is 1.48. The Kier molecular flexibility index (Phi) is 4.11. The Morgan fingerprint density at radius 2 is 1.83 bits per heavy atom. The summed E-state index contributed by atoms with van der Waals surface area (Å²) in [6.45, 7) is 0. The van der Waals surface area contributed by atoms with Gasteiger partial charge >= 0.3 is 0 Å². The molecule has 0 spiro atoms. The Balaban J connectivity index is 2.18. The molecule has 2 aromatic rings. The zero-order valence-corrected chi connectivity index (χ0v) is 13.4. The van der Waals surface area contributed by atoms with E-state index >= 15 is 0 Å². The quantitative estimate of drug-likeness (QED) is 0.514. The monoisotopic (exact) mass is 345 g/mol. The number of benzene rings is 2. The number of likely N-dealkylation sites (N-methyl/N-ethyl adjacent to an activating group) is 1. The molecule has 0 saturated carbocycles. The second-order valence-electron chi connectivity index (χ2n) is 5.47. The maximum absolute atomic E-state index is 13.1. The number of carbonyl (C=O) groups is 2. The smallest absolute Gasteiger partial charge is 0.295 e. The van der Waals surface area contributed by atoms with Crippen molar-refractivity contribution in [2.45, 2.75) is 6.04 Å². The summed E-state index contributed by atoms with van der Waals surface area (Å²) in [5.41, 5.74) is 0.819. The summed E-state index contributed by atoms with van der Waals surface area (Å²) >= 11 is 6.00. The third-order valence-corrected chi connectivity index (χ3v) is 4.19. The second-order valence-corrected chi connectivity index (χ2v) is 5.91. The predicted octanol–water partition coefficient (Wildman–Crippen LogP) is 3.53. The maximum atomic E-state index is 13.1. The molecular formula is C18H13ClFNO3. The maximum Gasteiger partial charge on any atom is 0.295 e. The molecule has 4 nitrogen and oxygen atoms in total. The number of hydrogen-bond acceptors (Lipinski definition) is 3. The zero-order valence-electron chi connectivity index (χ0n) is 12.7. The van der Waals surface area contributed by atoms with Crippen molar-refractivity contribution in [3.63, 3.8) is 0 Å². The SMILES string of the molecule is CN1C(=O)C(=O)/C(=C(/O)c2ccc(F)cc2)C1c1cccc(Cl)c1. The van der Waals surface area contributed by atoms with Gasteiger partial charge < -0.3 is 10.0 Å². The van der Waals surface area contributed by atoms with Crippen LogP contribution in [0.3, 0.4) is 0 Å². The molecule has 1 atom stereocenters. The van der Waals surface area contributed by atoms with Gasteiger partial charge in [-0.15, -0.1) is 0 Å². The van der Waals surface area contributed by atoms with Gasteiger partial charge in [0.2, 0.25) is 0 Å². The molecule has 1 aliphatic rings. The summed E-state index contributed by atoms with van der Waals surface area (Å²) in [5, 5.41) is 11.0. The Labute approximate surface area is 142 Å². The van der Waals surface area contributed by atoms with Gasteiger partial charge in [0.05, 0.1) is 11.6 Å². The van der Waals surface area contributed by atoms with Crippen LogP contribution in [0.1, 0.15) is 17.2 Å². The minimum atomic E-state index is -0.788. The Morgan fingerprint density at radius 3 is 2.46 bits per heavy atom. The molecule has 3 rings (SSSR count). The van der Waals surface area contributed by atoms with Crippen molar-refractivity contribution in [2.75, 3.05) is 7.05 Å². The van der Waals surface area contributed by atoms with E-state index in [9.17, 15) is 19.1 Å². The molecule has 122 valence electrons. The van der Waals surface area contributed by atoms with E-state index in [1.165, 1.54) is 36.2 Å². The molecule has 1 heterocycles. The average molecular weight is 346 g/mol. The van der Waals surface area contributed by atoms with Crippen LogP contribution in [-0.2, 0) is 9.59 Å². The zero-order chi connectivity index (χ0) is 17.4. The van der Waals surface area contributed by atoms with Crippen molar-refractivity contribution in [1.29, 1.82) is 0 Å². The van der Waals surface area contributed by atoms with Gasteiger partial charge in [0.1, 0.15) is 11.6 Å². The third-order valence-electron chi connectivity index (χ3n) is 3.96. The standard InChI is InChI=1S/C18H13ClFNO3/c1-21-15(11-3-2-4-12(19)9-11)14(17(23)18(21)24)16(22)10-5-7-13(20)8-6-10/h2-9,15,22H,1H3/b16-14+. The molecule has 0 bridgehead atoms. The van der Waals surface area contributed by atoms with Gasteiger partial charge in [-0.1, -0.05) is 23.7 Å². The number of aliphatic hydroxyl groups is 1. The lowest BCUT2D eigenvalue weighted by atomic mass is 9.95. The van der Waals surface area contributed by atoms with Crippen molar-refractivity contribution < 1.29 is 19.1 Å². The Morgan fingerprint density at radius 1 is 1.17 bits per heavy atom. The van der Waals surface area contributed by atoms with Crippen LogP contribution in [-0.4, -0.2) is 28.7 Å². The summed E-state index contributed by atoms with van der Waals surface area (Å²) in [4.78, 5) is 25.7. The lowest BCUT2D eigenvalue weighted by molar-refractivity contribution is -0.139. The van der Waals surface area contributed by atoms with Crippen LogP contribution in [0.25, 0.3) is 5.76 Å². The molecule has 1 saturated heterocycles. The molecule has 1 amide bonds. The molecular weight excluding hydrogens is 333 g/mol. The fraction of sp³-hybridized carbons (Fsp3) is 0.111. The van der Waals surface area contributed by atoms with E-state index in [1.54, 1.807) is 24.3 Å². The Bertz CT molecular complexity index is 861. The van der Waals surface area contributed by atoms with Crippen LogP contribution >= 0.6 is 11.6 Å². The topological polar surface area (TPSA) is 57.6 Å². The average Bonchev–Trinajstić information content (AvgIpc) is 2.79. The fourth-order valence-corrected chi connectivity index (χ4v) is 2.98. The molecule has 1 aliphatic heterocycles. The van der Waals surface area contributed by atoms with Crippen LogP contribution in [0.5, 0.6) is 0 Å². The highest BCUT2D eigenvalue weighted by atomic mass is 35.5. The predicted molar refractivity (Wildman–Crippen MR) is 87.9 cm³/mol. The molecule has 2 aromatic carbocycles. The first kappa shape index (κ1) is 16.2. The second kappa shape index (κ2) is 6.09. The summed E-state index contributed by atoms with van der Waals surface area (Å²) in [5.74, 6) is -2.32. The van der Waals surface area contributed by atoms with E-state index in [0.29, 0.717) is 10.6 Å². The Hall–Kier alpha value is -2.66. The van der Waals surface area contributed by atoms with Crippen LogP contribution in [0.4, 0.5) is 4.39 Å². The van der Waals surface area contributed by atoms with E-state index < -0.39 is 23.5 Å².